The van der Waals surface area contributed by atoms with Crippen LogP contribution in [0.1, 0.15) is 45.9 Å². The first-order valence-corrected chi connectivity index (χ1v) is 13.1. The lowest BCUT2D eigenvalue weighted by molar-refractivity contribution is -0.124. The lowest BCUT2D eigenvalue weighted by Gasteiger charge is -2.36. The van der Waals surface area contributed by atoms with E-state index in [9.17, 15) is 9.59 Å². The number of H-pyrrole nitrogens is 1. The summed E-state index contributed by atoms with van der Waals surface area (Å²) in [6, 6.07) is 2.80. The minimum Gasteiger partial charge on any atom is -0.349 e. The highest BCUT2D eigenvalue weighted by Crippen LogP contribution is 2.44. The van der Waals surface area contributed by atoms with E-state index < -0.39 is 20.4 Å². The van der Waals surface area contributed by atoms with Crippen LogP contribution in [0.3, 0.4) is 0 Å². The number of aryl methyl sites for hydroxylation is 1. The Morgan fingerprint density at radius 1 is 1.32 bits per heavy atom. The van der Waals surface area contributed by atoms with Crippen molar-refractivity contribution in [2.75, 3.05) is 40.5 Å². The maximum Gasteiger partial charge on any atom is 0.330 e. The number of nitrogens with one attached hydrogen (secondary N) is 1. The number of likely N-dealkylation sites (N-methyl/N-ethyl adjacent to an activating group) is 1. The summed E-state index contributed by atoms with van der Waals surface area (Å²) in [5, 5.41) is 8.43. The molecule has 0 spiro atoms. The molecule has 1 fully saturated rings. The van der Waals surface area contributed by atoms with Crippen molar-refractivity contribution in [3.8, 4) is 6.07 Å². The van der Waals surface area contributed by atoms with Gasteiger partial charge >= 0.3 is 5.69 Å². The summed E-state index contributed by atoms with van der Waals surface area (Å²) in [7, 11) is 2.58. The number of nitriles is 1. The fourth-order valence-electron chi connectivity index (χ4n) is 3.47. The number of rotatable bonds is 10. The zero-order valence-corrected chi connectivity index (χ0v) is 24.0. The number of ether oxygens (including phenoxy) is 1. The van der Waals surface area contributed by atoms with Gasteiger partial charge in [0.15, 0.2) is 6.23 Å². The van der Waals surface area contributed by atoms with Gasteiger partial charge in [0.2, 0.25) is 0 Å². The van der Waals surface area contributed by atoms with E-state index in [1.165, 1.54) is 10.8 Å². The highest BCUT2D eigenvalue weighted by atomic mass is 127. The molecule has 0 amide bonds. The molecule has 0 aromatic carbocycles. The number of hydrogen-bond donors (Lipinski definition) is 1. The van der Waals surface area contributed by atoms with Gasteiger partial charge in [-0.15, -0.1) is 0 Å². The van der Waals surface area contributed by atoms with Crippen molar-refractivity contribution in [1.29, 1.82) is 5.26 Å². The van der Waals surface area contributed by atoms with E-state index in [0.29, 0.717) is 43.8 Å². The molecule has 1 aromatic heterocycles. The van der Waals surface area contributed by atoms with Crippen molar-refractivity contribution in [2.24, 2.45) is 0 Å². The zero-order chi connectivity index (χ0) is 25.8. The molecule has 1 saturated heterocycles. The van der Waals surface area contributed by atoms with Crippen LogP contribution in [-0.4, -0.2) is 77.8 Å². The summed E-state index contributed by atoms with van der Waals surface area (Å²) in [5.41, 5.74) is -0.333. The molecule has 0 radical (unpaired) electrons. The summed E-state index contributed by atoms with van der Waals surface area (Å²) < 4.78 is 25.4. The number of aromatic nitrogens is 2. The summed E-state index contributed by atoms with van der Waals surface area (Å²) >= 11 is 1.82. The molecule has 1 aliphatic rings. The van der Waals surface area contributed by atoms with Gasteiger partial charge in [-0.3, -0.25) is 19.2 Å². The monoisotopic (exact) mass is 613 g/mol. The van der Waals surface area contributed by atoms with E-state index in [4.69, 9.17) is 22.1 Å². The van der Waals surface area contributed by atoms with Crippen molar-refractivity contribution in [1.82, 2.24) is 19.1 Å². The fourth-order valence-corrected chi connectivity index (χ4v) is 5.30. The Bertz CT molecular complexity index is 882. The van der Waals surface area contributed by atoms with Crippen molar-refractivity contribution < 1.29 is 16.9 Å². The average Bonchev–Trinajstić information content (AvgIpc) is 2.75. The lowest BCUT2D eigenvalue weighted by Crippen LogP contribution is -2.48. The molecule has 0 aliphatic carbocycles. The smallest absolute Gasteiger partial charge is 0.330 e. The molecule has 3 atom stereocenters. The molecule has 34 heavy (non-hydrogen) atoms. The number of nitrogens with zero attached hydrogens (tertiary/aromatic N) is 4. The third kappa shape index (κ3) is 9.99. The third-order valence-corrected chi connectivity index (χ3v) is 7.23. The van der Waals surface area contributed by atoms with Crippen LogP contribution in [0.5, 0.6) is 0 Å². The molecule has 1 aromatic rings. The van der Waals surface area contributed by atoms with Crippen LogP contribution >= 0.6 is 31.5 Å². The van der Waals surface area contributed by atoms with E-state index >= 15 is 0 Å². The van der Waals surface area contributed by atoms with Crippen molar-refractivity contribution >= 4 is 31.5 Å². The quantitative estimate of drug-likeness (QED) is 0.241. The summed E-state index contributed by atoms with van der Waals surface area (Å²) in [4.78, 5) is 27.6. The van der Waals surface area contributed by atoms with E-state index in [-0.39, 0.29) is 11.7 Å². The first kappa shape index (κ1) is 31.1. The van der Waals surface area contributed by atoms with Gasteiger partial charge in [0.25, 0.3) is 14.1 Å². The lowest BCUT2D eigenvalue weighted by atomic mass is 10.2. The van der Waals surface area contributed by atoms with E-state index in [2.05, 4.69) is 48.3 Å². The number of morpholine rings is 1. The minimum absolute atomic E-state index is 0.0974. The van der Waals surface area contributed by atoms with E-state index in [1.54, 1.807) is 14.0 Å². The molecule has 2 rings (SSSR count). The highest BCUT2D eigenvalue weighted by molar-refractivity contribution is 14.1. The van der Waals surface area contributed by atoms with Gasteiger partial charge in [0.05, 0.1) is 31.8 Å². The summed E-state index contributed by atoms with van der Waals surface area (Å²) in [5.74, 6) is 0. The van der Waals surface area contributed by atoms with Crippen molar-refractivity contribution in [3.05, 3.63) is 32.6 Å². The van der Waals surface area contributed by atoms with Gasteiger partial charge in [-0.25, -0.2) is 9.46 Å². The van der Waals surface area contributed by atoms with Crippen LogP contribution in [0.25, 0.3) is 0 Å². The third-order valence-electron chi connectivity index (χ3n) is 4.86. The van der Waals surface area contributed by atoms with Gasteiger partial charge < -0.3 is 16.9 Å². The van der Waals surface area contributed by atoms with Gasteiger partial charge in [-0.1, -0.05) is 0 Å². The van der Waals surface area contributed by atoms with Crippen molar-refractivity contribution in [3.63, 3.8) is 0 Å². The van der Waals surface area contributed by atoms with Gasteiger partial charge in [0.1, 0.15) is 23.0 Å². The van der Waals surface area contributed by atoms with E-state index in [0.717, 1.165) is 6.54 Å². The standard InChI is InChI=1S/C11H16IN3O4.C10H21N2O2P/c1-7-3-15(11(17)13-10(7)16)9-5-14(2)4-8(19-9)6-18-12;1-9(2)12(10(3)4)15(13-5)14-8-6-7-11/h3,8-9H,4-6H2,1-2H3,(H,13,16,17);9-10H,6,8H2,1-5H3/t8-,9+;/m0./s1. The molecule has 11 nitrogen and oxygen atoms in total. The van der Waals surface area contributed by atoms with Gasteiger partial charge in [0, 0.05) is 44.0 Å². The van der Waals surface area contributed by atoms with Gasteiger partial charge in [-0.05, 0) is 41.7 Å². The fraction of sp³-hybridized carbons (Fsp3) is 0.762. The second-order valence-electron chi connectivity index (χ2n) is 8.42. The molecule has 0 saturated carbocycles. The SMILES string of the molecule is COP(OCCC#N)N(C(C)C)C(C)C.Cc1cn([C@H]2CN(C)C[C@@H](COI)O2)c(=O)[nH]c1=O. The predicted octanol–water partition coefficient (Wildman–Crippen LogP) is 2.95. The van der Waals surface area contributed by atoms with Crippen LogP contribution in [0.15, 0.2) is 15.8 Å². The van der Waals surface area contributed by atoms with E-state index in [1.807, 2.05) is 30.1 Å². The normalized spacial score (nSPS) is 19.7. The number of aromatic amines is 1. The molecular formula is C21H37IN5O6P. The second-order valence-corrected chi connectivity index (χ2v) is 10.6. The van der Waals surface area contributed by atoms with Crippen LogP contribution < -0.4 is 11.2 Å². The van der Waals surface area contributed by atoms with Crippen LogP contribution in [0.4, 0.5) is 0 Å². The van der Waals surface area contributed by atoms with Crippen LogP contribution in [0.2, 0.25) is 0 Å². The minimum atomic E-state index is -1.03. The Hall–Kier alpha value is -0.910. The molecule has 1 unspecified atom stereocenters. The second kappa shape index (κ2) is 16.0. The first-order chi connectivity index (χ1) is 16.0. The Morgan fingerprint density at radius 3 is 2.50 bits per heavy atom. The molecule has 1 N–H and O–H groups in total. The van der Waals surface area contributed by atoms with Gasteiger partial charge in [-0.2, -0.15) is 5.26 Å². The number of hydrogen-bond acceptors (Lipinski definition) is 9. The first-order valence-electron chi connectivity index (χ1n) is 11.1. The van der Waals surface area contributed by atoms with Crippen LogP contribution in [-0.2, 0) is 16.9 Å². The Kier molecular flexibility index (Phi) is 14.6. The Labute approximate surface area is 217 Å². The Morgan fingerprint density at radius 2 is 1.97 bits per heavy atom. The van der Waals surface area contributed by atoms with Crippen molar-refractivity contribution in [2.45, 2.75) is 65.5 Å². The molecule has 1 aliphatic heterocycles. The molecule has 0 bridgehead atoms. The molecular weight excluding hydrogens is 576 g/mol. The topological polar surface area (TPSA) is 122 Å². The summed E-state index contributed by atoms with van der Waals surface area (Å²) in [6.07, 6.45) is 1.43. The summed E-state index contributed by atoms with van der Waals surface area (Å²) in [6.45, 7) is 12.3. The molecule has 13 heteroatoms. The maximum absolute atomic E-state index is 11.8. The maximum atomic E-state index is 11.8. The predicted molar refractivity (Wildman–Crippen MR) is 140 cm³/mol. The highest BCUT2D eigenvalue weighted by Gasteiger charge is 2.28. The Balaban J connectivity index is 0.000000352. The van der Waals surface area contributed by atoms with Crippen LogP contribution in [0, 0.1) is 18.3 Å². The molecule has 194 valence electrons. The molecule has 2 heterocycles. The largest absolute Gasteiger partial charge is 0.349 e. The zero-order valence-electron chi connectivity index (χ0n) is 21.0. The number of halogens is 1. The average molecular weight is 613 g/mol.